The van der Waals surface area contributed by atoms with Gasteiger partial charge in [-0.1, -0.05) is 0 Å². The Morgan fingerprint density at radius 1 is 0.964 bits per heavy atom. The number of piperazine rings is 1. The SMILES string of the molecule is CCOC(=O)N1CCN(C(=O)NCCc2cc(OC)c(OC)c(OC)c2)CC1. The topological polar surface area (TPSA) is 89.6 Å². The fourth-order valence-corrected chi connectivity index (χ4v) is 3.01. The minimum absolute atomic E-state index is 0.143. The van der Waals surface area contributed by atoms with Crippen molar-refractivity contribution in [1.29, 1.82) is 0 Å². The number of ether oxygens (including phenoxy) is 4. The molecule has 9 nitrogen and oxygen atoms in total. The Hall–Kier alpha value is -2.84. The summed E-state index contributed by atoms with van der Waals surface area (Å²) < 4.78 is 21.0. The Bertz CT molecular complexity index is 649. The molecule has 0 radical (unpaired) electrons. The zero-order valence-corrected chi connectivity index (χ0v) is 16.9. The van der Waals surface area contributed by atoms with Gasteiger partial charge in [0.2, 0.25) is 5.75 Å². The van der Waals surface area contributed by atoms with Gasteiger partial charge in [0.25, 0.3) is 0 Å². The third kappa shape index (κ3) is 5.34. The molecular formula is C19H29N3O6. The highest BCUT2D eigenvalue weighted by Crippen LogP contribution is 2.38. The predicted octanol–water partition coefficient (Wildman–Crippen LogP) is 1.74. The lowest BCUT2D eigenvalue weighted by atomic mass is 10.1. The molecule has 0 saturated carbocycles. The van der Waals surface area contributed by atoms with Crippen molar-refractivity contribution in [2.45, 2.75) is 13.3 Å². The molecule has 1 N–H and O–H groups in total. The van der Waals surface area contributed by atoms with E-state index in [1.807, 2.05) is 12.1 Å². The first kappa shape index (κ1) is 21.5. The molecule has 2 rings (SSSR count). The number of carbonyl (C=O) groups is 2. The highest BCUT2D eigenvalue weighted by Gasteiger charge is 2.24. The zero-order valence-electron chi connectivity index (χ0n) is 16.9. The molecule has 0 aromatic heterocycles. The van der Waals surface area contributed by atoms with Crippen molar-refractivity contribution in [1.82, 2.24) is 15.1 Å². The minimum atomic E-state index is -0.329. The van der Waals surface area contributed by atoms with Gasteiger partial charge >= 0.3 is 12.1 Å². The Morgan fingerprint density at radius 2 is 1.54 bits per heavy atom. The van der Waals surface area contributed by atoms with Crippen molar-refractivity contribution in [3.05, 3.63) is 17.7 Å². The summed E-state index contributed by atoms with van der Waals surface area (Å²) in [5.74, 6) is 1.70. The van der Waals surface area contributed by atoms with Crippen LogP contribution < -0.4 is 19.5 Å². The van der Waals surface area contributed by atoms with Crippen LogP contribution in [0.5, 0.6) is 17.2 Å². The highest BCUT2D eigenvalue weighted by atomic mass is 16.6. The summed E-state index contributed by atoms with van der Waals surface area (Å²) in [6.07, 6.45) is 0.288. The van der Waals surface area contributed by atoms with Gasteiger partial charge in [-0.3, -0.25) is 0 Å². The van der Waals surface area contributed by atoms with Crippen molar-refractivity contribution < 1.29 is 28.5 Å². The van der Waals surface area contributed by atoms with E-state index in [9.17, 15) is 9.59 Å². The van der Waals surface area contributed by atoms with E-state index in [1.165, 1.54) is 0 Å². The smallest absolute Gasteiger partial charge is 0.409 e. The highest BCUT2D eigenvalue weighted by molar-refractivity contribution is 5.75. The van der Waals surface area contributed by atoms with Gasteiger partial charge in [-0.15, -0.1) is 0 Å². The van der Waals surface area contributed by atoms with Gasteiger partial charge in [0.1, 0.15) is 0 Å². The fraction of sp³-hybridized carbons (Fsp3) is 0.579. The van der Waals surface area contributed by atoms with Crippen molar-refractivity contribution in [2.24, 2.45) is 0 Å². The molecule has 3 amide bonds. The molecule has 156 valence electrons. The number of hydrogen-bond donors (Lipinski definition) is 1. The van der Waals surface area contributed by atoms with Crippen LogP contribution in [0.4, 0.5) is 9.59 Å². The van der Waals surface area contributed by atoms with Crippen LogP contribution in [0.15, 0.2) is 12.1 Å². The third-order valence-corrected chi connectivity index (χ3v) is 4.51. The van der Waals surface area contributed by atoms with Gasteiger partial charge in [-0.05, 0) is 31.0 Å². The molecule has 0 spiro atoms. The Labute approximate surface area is 165 Å². The van der Waals surface area contributed by atoms with Crippen LogP contribution in [0, 0.1) is 0 Å². The van der Waals surface area contributed by atoms with Gasteiger partial charge in [0.05, 0.1) is 27.9 Å². The number of nitrogens with zero attached hydrogens (tertiary/aromatic N) is 2. The summed E-state index contributed by atoms with van der Waals surface area (Å²) in [5.41, 5.74) is 0.960. The zero-order chi connectivity index (χ0) is 20.5. The number of hydrogen-bond acceptors (Lipinski definition) is 6. The van der Waals surface area contributed by atoms with E-state index in [1.54, 1.807) is 38.1 Å². The summed E-state index contributed by atoms with van der Waals surface area (Å²) in [4.78, 5) is 27.4. The number of methoxy groups -OCH3 is 3. The first-order valence-electron chi connectivity index (χ1n) is 9.27. The second kappa shape index (κ2) is 10.5. The summed E-state index contributed by atoms with van der Waals surface area (Å²) in [6.45, 7) is 4.49. The molecule has 1 aliphatic rings. The van der Waals surface area contributed by atoms with Crippen LogP contribution in [-0.2, 0) is 11.2 Å². The van der Waals surface area contributed by atoms with Gasteiger partial charge in [0, 0.05) is 32.7 Å². The normalized spacial score (nSPS) is 13.7. The average molecular weight is 395 g/mol. The van der Waals surface area contributed by atoms with Crippen LogP contribution >= 0.6 is 0 Å². The Balaban J connectivity index is 1.84. The summed E-state index contributed by atoms with van der Waals surface area (Å²) in [5, 5.41) is 2.91. The molecule has 1 aromatic rings. The first-order chi connectivity index (χ1) is 13.5. The van der Waals surface area contributed by atoms with Crippen LogP contribution in [0.3, 0.4) is 0 Å². The van der Waals surface area contributed by atoms with Crippen molar-refractivity contribution in [2.75, 3.05) is 60.7 Å². The van der Waals surface area contributed by atoms with Gasteiger partial charge < -0.3 is 34.1 Å². The van der Waals surface area contributed by atoms with E-state index in [4.69, 9.17) is 18.9 Å². The van der Waals surface area contributed by atoms with E-state index >= 15 is 0 Å². The van der Waals surface area contributed by atoms with Crippen molar-refractivity contribution in [3.63, 3.8) is 0 Å². The molecule has 0 atom stereocenters. The molecule has 1 aromatic carbocycles. The Kier molecular flexibility index (Phi) is 8.03. The molecule has 9 heteroatoms. The minimum Gasteiger partial charge on any atom is -0.493 e. The number of amides is 3. The second-order valence-electron chi connectivity index (χ2n) is 6.19. The van der Waals surface area contributed by atoms with Crippen LogP contribution in [0.25, 0.3) is 0 Å². The monoisotopic (exact) mass is 395 g/mol. The largest absolute Gasteiger partial charge is 0.493 e. The Morgan fingerprint density at radius 3 is 2.04 bits per heavy atom. The van der Waals surface area contributed by atoms with E-state index in [0.29, 0.717) is 63.0 Å². The van der Waals surface area contributed by atoms with Gasteiger partial charge in [0.15, 0.2) is 11.5 Å². The lowest BCUT2D eigenvalue weighted by molar-refractivity contribution is 0.0852. The molecule has 0 bridgehead atoms. The van der Waals surface area contributed by atoms with E-state index in [2.05, 4.69) is 5.32 Å². The maximum absolute atomic E-state index is 12.3. The molecular weight excluding hydrogens is 366 g/mol. The van der Waals surface area contributed by atoms with Crippen LogP contribution in [0.2, 0.25) is 0 Å². The molecule has 1 aliphatic heterocycles. The number of rotatable bonds is 7. The predicted molar refractivity (Wildman–Crippen MR) is 103 cm³/mol. The summed E-state index contributed by atoms with van der Waals surface area (Å²) in [6, 6.07) is 3.59. The van der Waals surface area contributed by atoms with Crippen molar-refractivity contribution in [3.8, 4) is 17.2 Å². The standard InChI is InChI=1S/C19H29N3O6/c1-5-28-19(24)22-10-8-21(9-11-22)18(23)20-7-6-14-12-15(25-2)17(27-4)16(13-14)26-3/h12-13H,5-11H2,1-4H3,(H,20,23). The maximum Gasteiger partial charge on any atom is 0.409 e. The molecule has 1 fully saturated rings. The van der Waals surface area contributed by atoms with E-state index in [-0.39, 0.29) is 12.1 Å². The van der Waals surface area contributed by atoms with Crippen LogP contribution in [0.1, 0.15) is 12.5 Å². The third-order valence-electron chi connectivity index (χ3n) is 4.51. The summed E-state index contributed by atoms with van der Waals surface area (Å²) in [7, 11) is 4.69. The molecule has 0 unspecified atom stereocenters. The van der Waals surface area contributed by atoms with E-state index in [0.717, 1.165) is 5.56 Å². The lowest BCUT2D eigenvalue weighted by Gasteiger charge is -2.34. The van der Waals surface area contributed by atoms with E-state index < -0.39 is 0 Å². The number of urea groups is 1. The number of carbonyl (C=O) groups excluding carboxylic acids is 2. The fourth-order valence-electron chi connectivity index (χ4n) is 3.01. The maximum atomic E-state index is 12.3. The number of benzene rings is 1. The number of nitrogens with one attached hydrogen (secondary N) is 1. The molecule has 1 heterocycles. The second-order valence-corrected chi connectivity index (χ2v) is 6.19. The van der Waals surface area contributed by atoms with Crippen molar-refractivity contribution >= 4 is 12.1 Å². The lowest BCUT2D eigenvalue weighted by Crippen LogP contribution is -2.53. The van der Waals surface area contributed by atoms with Crippen LogP contribution in [-0.4, -0.2) is 82.6 Å². The first-order valence-corrected chi connectivity index (χ1v) is 9.27. The molecule has 1 saturated heterocycles. The molecule has 28 heavy (non-hydrogen) atoms. The van der Waals surface area contributed by atoms with Gasteiger partial charge in [-0.25, -0.2) is 9.59 Å². The average Bonchev–Trinajstić information content (AvgIpc) is 2.73. The van der Waals surface area contributed by atoms with Gasteiger partial charge in [-0.2, -0.15) is 0 Å². The molecule has 0 aliphatic carbocycles. The quantitative estimate of drug-likeness (QED) is 0.756. The summed E-state index contributed by atoms with van der Waals surface area (Å²) >= 11 is 0.